The normalized spacial score (nSPS) is 10.9. The predicted octanol–water partition coefficient (Wildman–Crippen LogP) is 3.04. The highest BCUT2D eigenvalue weighted by molar-refractivity contribution is 5.90. The van der Waals surface area contributed by atoms with Crippen LogP contribution in [0, 0.1) is 6.92 Å². The first-order chi connectivity index (χ1) is 14.1. The number of benzene rings is 1. The van der Waals surface area contributed by atoms with Gasteiger partial charge in [0.05, 0.1) is 6.54 Å². The van der Waals surface area contributed by atoms with Crippen LogP contribution in [0.15, 0.2) is 60.1 Å². The molecule has 1 aromatic heterocycles. The maximum absolute atomic E-state index is 12.1. The first kappa shape index (κ1) is 21.9. The van der Waals surface area contributed by atoms with Crippen LogP contribution in [0.1, 0.15) is 24.6 Å². The smallest absolute Gasteiger partial charge is 0.227 e. The van der Waals surface area contributed by atoms with E-state index in [-0.39, 0.29) is 5.91 Å². The molecule has 7 heteroatoms. The van der Waals surface area contributed by atoms with Gasteiger partial charge in [-0.1, -0.05) is 36.9 Å². The fraction of sp³-hybridized carbons (Fsp3) is 0.318. The van der Waals surface area contributed by atoms with Crippen LogP contribution >= 0.6 is 0 Å². The number of carbonyl (C=O) groups is 1. The molecular weight excluding hydrogens is 366 g/mol. The summed E-state index contributed by atoms with van der Waals surface area (Å²) in [6, 6.07) is 13.3. The van der Waals surface area contributed by atoms with Crippen LogP contribution < -0.4 is 20.7 Å². The molecule has 1 amide bonds. The van der Waals surface area contributed by atoms with Gasteiger partial charge in [-0.2, -0.15) is 0 Å². The molecule has 7 nitrogen and oxygen atoms in total. The molecule has 0 radical (unpaired) electrons. The molecule has 29 heavy (non-hydrogen) atoms. The highest BCUT2D eigenvalue weighted by Crippen LogP contribution is 2.18. The van der Waals surface area contributed by atoms with Crippen molar-refractivity contribution in [2.75, 3.05) is 25.0 Å². The van der Waals surface area contributed by atoms with E-state index in [1.165, 1.54) is 0 Å². The Kier molecular flexibility index (Phi) is 9.21. The van der Waals surface area contributed by atoms with Crippen LogP contribution in [0.5, 0.6) is 5.75 Å². The topological polar surface area (TPSA) is 87.6 Å². The zero-order valence-electron chi connectivity index (χ0n) is 17.1. The van der Waals surface area contributed by atoms with Crippen molar-refractivity contribution in [1.29, 1.82) is 0 Å². The Hall–Kier alpha value is -3.35. The van der Waals surface area contributed by atoms with Crippen molar-refractivity contribution in [1.82, 2.24) is 15.6 Å². The zero-order valence-corrected chi connectivity index (χ0v) is 17.1. The second-order valence-corrected chi connectivity index (χ2v) is 6.29. The van der Waals surface area contributed by atoms with Crippen molar-refractivity contribution in [3.8, 4) is 5.75 Å². The summed E-state index contributed by atoms with van der Waals surface area (Å²) in [5, 5.41) is 9.16. The molecule has 0 atom stereocenters. The number of para-hydroxylation sites is 1. The summed E-state index contributed by atoms with van der Waals surface area (Å²) in [7, 11) is 0. The maximum Gasteiger partial charge on any atom is 0.227 e. The van der Waals surface area contributed by atoms with Gasteiger partial charge in [-0.15, -0.1) is 0 Å². The van der Waals surface area contributed by atoms with E-state index in [4.69, 9.17) is 4.74 Å². The number of hydrogen-bond donors (Lipinski definition) is 3. The van der Waals surface area contributed by atoms with E-state index in [0.717, 1.165) is 23.6 Å². The van der Waals surface area contributed by atoms with E-state index in [2.05, 4.69) is 32.5 Å². The molecule has 1 aromatic carbocycles. The average molecular weight is 396 g/mol. The lowest BCUT2D eigenvalue weighted by Gasteiger charge is -2.12. The number of pyridine rings is 1. The lowest BCUT2D eigenvalue weighted by molar-refractivity contribution is -0.116. The van der Waals surface area contributed by atoms with Crippen LogP contribution in [-0.4, -0.2) is 36.5 Å². The highest BCUT2D eigenvalue weighted by Gasteiger charge is 2.06. The summed E-state index contributed by atoms with van der Waals surface area (Å²) in [6.45, 7) is 9.64. The standard InChI is InChI=1S/C22H29N5O2/c1-4-15-29-19-11-7-6-10-18(19)16-25-22(23-5-2)24-14-13-21(28)27-20-12-8-9-17(3)26-20/h4,6-12H,1,5,13-16H2,2-3H3,(H2,23,24,25)(H,26,27,28). The van der Waals surface area contributed by atoms with Crippen LogP contribution in [0.4, 0.5) is 5.82 Å². The SMILES string of the molecule is C=CCOc1ccccc1CN=C(NCC)NCCC(=O)Nc1cccc(C)n1. The minimum Gasteiger partial charge on any atom is -0.489 e. The number of amides is 1. The number of rotatable bonds is 10. The second-order valence-electron chi connectivity index (χ2n) is 6.29. The van der Waals surface area contributed by atoms with Gasteiger partial charge in [0, 0.05) is 30.8 Å². The third-order valence-electron chi connectivity index (χ3n) is 3.88. The Morgan fingerprint density at radius 2 is 2.03 bits per heavy atom. The van der Waals surface area contributed by atoms with Crippen molar-refractivity contribution in [2.24, 2.45) is 4.99 Å². The van der Waals surface area contributed by atoms with Gasteiger partial charge < -0.3 is 20.7 Å². The summed E-state index contributed by atoms with van der Waals surface area (Å²) >= 11 is 0. The van der Waals surface area contributed by atoms with Crippen molar-refractivity contribution in [3.05, 3.63) is 66.4 Å². The van der Waals surface area contributed by atoms with Gasteiger partial charge in [0.15, 0.2) is 5.96 Å². The molecule has 1 heterocycles. The van der Waals surface area contributed by atoms with Crippen LogP contribution in [0.2, 0.25) is 0 Å². The summed E-state index contributed by atoms with van der Waals surface area (Å²) in [5.74, 6) is 1.89. The van der Waals surface area contributed by atoms with Gasteiger partial charge in [0.25, 0.3) is 0 Å². The van der Waals surface area contributed by atoms with Crippen LogP contribution in [0.3, 0.4) is 0 Å². The molecule has 2 aromatic rings. The Labute approximate surface area is 172 Å². The summed E-state index contributed by atoms with van der Waals surface area (Å²) in [5.41, 5.74) is 1.84. The number of guanidine groups is 1. The molecule has 0 unspecified atom stereocenters. The minimum absolute atomic E-state index is 0.102. The number of aryl methyl sites for hydroxylation is 1. The number of hydrogen-bond acceptors (Lipinski definition) is 4. The van der Waals surface area contributed by atoms with E-state index in [0.29, 0.717) is 37.9 Å². The quantitative estimate of drug-likeness (QED) is 0.327. The third-order valence-corrected chi connectivity index (χ3v) is 3.88. The number of carbonyl (C=O) groups excluding carboxylic acids is 1. The van der Waals surface area contributed by atoms with E-state index in [1.54, 1.807) is 12.1 Å². The first-order valence-electron chi connectivity index (χ1n) is 9.69. The second kappa shape index (κ2) is 12.2. The molecule has 0 bridgehead atoms. The molecule has 0 aliphatic heterocycles. The van der Waals surface area contributed by atoms with Crippen molar-refractivity contribution in [3.63, 3.8) is 0 Å². The van der Waals surface area contributed by atoms with Gasteiger partial charge >= 0.3 is 0 Å². The largest absolute Gasteiger partial charge is 0.489 e. The zero-order chi connectivity index (χ0) is 20.9. The van der Waals surface area contributed by atoms with E-state index < -0.39 is 0 Å². The molecule has 154 valence electrons. The number of aliphatic imine (C=N–C) groups is 1. The van der Waals surface area contributed by atoms with Crippen molar-refractivity contribution >= 4 is 17.7 Å². The average Bonchev–Trinajstić information content (AvgIpc) is 2.71. The van der Waals surface area contributed by atoms with E-state index in [9.17, 15) is 4.79 Å². The molecule has 0 saturated heterocycles. The molecule has 0 saturated carbocycles. The molecule has 2 rings (SSSR count). The third kappa shape index (κ3) is 8.04. The molecule has 0 fully saturated rings. The number of anilines is 1. The van der Waals surface area contributed by atoms with Crippen molar-refractivity contribution < 1.29 is 9.53 Å². The molecule has 0 spiro atoms. The first-order valence-corrected chi connectivity index (χ1v) is 9.69. The lowest BCUT2D eigenvalue weighted by Crippen LogP contribution is -2.38. The Morgan fingerprint density at radius 3 is 2.79 bits per heavy atom. The number of nitrogens with zero attached hydrogens (tertiary/aromatic N) is 2. The Morgan fingerprint density at radius 1 is 1.21 bits per heavy atom. The summed E-state index contributed by atoms with van der Waals surface area (Å²) in [6.07, 6.45) is 2.02. The van der Waals surface area contributed by atoms with Gasteiger partial charge in [-0.05, 0) is 32.0 Å². The molecular formula is C22H29N5O2. The van der Waals surface area contributed by atoms with Gasteiger partial charge in [0.2, 0.25) is 5.91 Å². The number of nitrogens with one attached hydrogen (secondary N) is 3. The fourth-order valence-electron chi connectivity index (χ4n) is 2.54. The number of ether oxygens (including phenoxy) is 1. The maximum atomic E-state index is 12.1. The Balaban J connectivity index is 1.87. The van der Waals surface area contributed by atoms with E-state index in [1.807, 2.05) is 50.2 Å². The minimum atomic E-state index is -0.102. The monoisotopic (exact) mass is 395 g/mol. The predicted molar refractivity (Wildman–Crippen MR) is 117 cm³/mol. The van der Waals surface area contributed by atoms with Crippen LogP contribution in [-0.2, 0) is 11.3 Å². The van der Waals surface area contributed by atoms with Gasteiger partial charge in [-0.3, -0.25) is 4.79 Å². The van der Waals surface area contributed by atoms with E-state index >= 15 is 0 Å². The number of aromatic nitrogens is 1. The van der Waals surface area contributed by atoms with Gasteiger partial charge in [-0.25, -0.2) is 9.98 Å². The fourth-order valence-corrected chi connectivity index (χ4v) is 2.54. The molecule has 3 N–H and O–H groups in total. The summed E-state index contributed by atoms with van der Waals surface area (Å²) in [4.78, 5) is 21.0. The van der Waals surface area contributed by atoms with Gasteiger partial charge in [0.1, 0.15) is 18.2 Å². The summed E-state index contributed by atoms with van der Waals surface area (Å²) < 4.78 is 5.67. The van der Waals surface area contributed by atoms with Crippen LogP contribution in [0.25, 0.3) is 0 Å². The Bertz CT molecular complexity index is 835. The molecule has 0 aliphatic carbocycles. The molecule has 0 aliphatic rings. The highest BCUT2D eigenvalue weighted by atomic mass is 16.5. The lowest BCUT2D eigenvalue weighted by atomic mass is 10.2. The van der Waals surface area contributed by atoms with Crippen molar-refractivity contribution in [2.45, 2.75) is 26.8 Å².